The highest BCUT2D eigenvalue weighted by atomic mass is 16.5. The summed E-state index contributed by atoms with van der Waals surface area (Å²) in [5.74, 6) is 1.81. The summed E-state index contributed by atoms with van der Waals surface area (Å²) in [4.78, 5) is 0. The predicted octanol–water partition coefficient (Wildman–Crippen LogP) is 8.50. The number of aromatic nitrogens is 2. The minimum atomic E-state index is 0.106. The number of hydrogen-bond donors (Lipinski definition) is 0. The molecule has 0 radical (unpaired) electrons. The van der Waals surface area contributed by atoms with Crippen LogP contribution in [0.2, 0.25) is 0 Å². The molecule has 1 aliphatic heterocycles. The number of nitrogens with zero attached hydrogens (tertiary/aromatic N) is 2. The third kappa shape index (κ3) is 3.55. The Labute approximate surface area is 266 Å². The van der Waals surface area contributed by atoms with E-state index in [1.54, 1.807) is 0 Å². The first-order valence-electron chi connectivity index (χ1n) is 15.8. The molecule has 7 aromatic carbocycles. The van der Waals surface area contributed by atoms with Crippen LogP contribution in [0.4, 0.5) is 0 Å². The van der Waals surface area contributed by atoms with Crippen molar-refractivity contribution >= 4 is 66.7 Å². The van der Waals surface area contributed by atoms with Gasteiger partial charge in [-0.15, -0.1) is 0 Å². The molecule has 0 fully saturated rings. The maximum atomic E-state index is 6.66. The Bertz CT molecular complexity index is 2620. The first-order valence-corrected chi connectivity index (χ1v) is 15.8. The first kappa shape index (κ1) is 25.3. The quantitative estimate of drug-likeness (QED) is 0.190. The molecular weight excluding hydrogens is 559 g/mol. The van der Waals surface area contributed by atoms with Gasteiger partial charge in [0.1, 0.15) is 11.5 Å². The molecule has 46 heavy (non-hydrogen) atoms. The standard InChI is InChI=1S/C42H27BN2O/c1-3-13-28(14-4-1)43-34-19-9-12-22-39(34)46-40-27-30(23-25-35(40)43)44-37-21-11-8-18-33(37)41-38(44)26-24-32-31-17-7-10-20-36(31)45(42(32)41)29-15-5-2-6-16-29/h1-27H. The Morgan fingerprint density at radius 2 is 1.07 bits per heavy atom. The average Bonchev–Trinajstić information content (AvgIpc) is 3.64. The van der Waals surface area contributed by atoms with Crippen LogP contribution in [0.3, 0.4) is 0 Å². The summed E-state index contributed by atoms with van der Waals surface area (Å²) in [5.41, 5.74) is 10.7. The summed E-state index contributed by atoms with van der Waals surface area (Å²) < 4.78 is 11.5. The van der Waals surface area contributed by atoms with Crippen LogP contribution in [0.5, 0.6) is 11.5 Å². The zero-order valence-corrected chi connectivity index (χ0v) is 25.0. The smallest absolute Gasteiger partial charge is 0.250 e. The number of benzene rings is 7. The lowest BCUT2D eigenvalue weighted by Crippen LogP contribution is -2.54. The van der Waals surface area contributed by atoms with Crippen LogP contribution in [0.15, 0.2) is 164 Å². The summed E-state index contributed by atoms with van der Waals surface area (Å²) in [6, 6.07) is 58.8. The summed E-state index contributed by atoms with van der Waals surface area (Å²) in [6.07, 6.45) is 0. The van der Waals surface area contributed by atoms with Gasteiger partial charge in [0, 0.05) is 39.0 Å². The number of rotatable bonds is 3. The van der Waals surface area contributed by atoms with Crippen molar-refractivity contribution in [3.8, 4) is 22.9 Å². The van der Waals surface area contributed by atoms with Crippen LogP contribution < -0.4 is 21.1 Å². The Morgan fingerprint density at radius 1 is 0.413 bits per heavy atom. The normalized spacial score (nSPS) is 12.5. The van der Waals surface area contributed by atoms with Crippen LogP contribution in [0.25, 0.3) is 55.0 Å². The highest BCUT2D eigenvalue weighted by molar-refractivity contribution is 6.96. The molecule has 0 amide bonds. The highest BCUT2D eigenvalue weighted by Crippen LogP contribution is 2.42. The van der Waals surface area contributed by atoms with Gasteiger partial charge in [0.15, 0.2) is 0 Å². The molecule has 0 unspecified atom stereocenters. The van der Waals surface area contributed by atoms with E-state index in [0.29, 0.717) is 0 Å². The molecular formula is C42H27BN2O. The molecule has 0 saturated heterocycles. The Hall–Kier alpha value is -6.00. The van der Waals surface area contributed by atoms with Crippen molar-refractivity contribution in [3.63, 3.8) is 0 Å². The third-order valence-electron chi connectivity index (χ3n) is 9.63. The zero-order valence-electron chi connectivity index (χ0n) is 25.0. The molecule has 3 nitrogen and oxygen atoms in total. The van der Waals surface area contributed by atoms with E-state index in [1.165, 1.54) is 60.0 Å². The van der Waals surface area contributed by atoms with Crippen molar-refractivity contribution in [2.75, 3.05) is 0 Å². The van der Waals surface area contributed by atoms with Gasteiger partial charge >= 0.3 is 0 Å². The summed E-state index contributed by atoms with van der Waals surface area (Å²) >= 11 is 0. The highest BCUT2D eigenvalue weighted by Gasteiger charge is 2.32. The summed E-state index contributed by atoms with van der Waals surface area (Å²) in [5, 5.41) is 4.99. The number of hydrogen-bond acceptors (Lipinski definition) is 1. The van der Waals surface area contributed by atoms with Crippen molar-refractivity contribution < 1.29 is 4.74 Å². The van der Waals surface area contributed by atoms with E-state index in [4.69, 9.17) is 4.74 Å². The lowest BCUT2D eigenvalue weighted by atomic mass is 9.36. The molecule has 0 saturated carbocycles. The number of fused-ring (bicyclic) bond motifs is 9. The average molecular weight is 587 g/mol. The second kappa shape index (κ2) is 9.75. The van der Waals surface area contributed by atoms with Gasteiger partial charge in [0.2, 0.25) is 0 Å². The van der Waals surface area contributed by atoms with E-state index in [-0.39, 0.29) is 6.71 Å². The monoisotopic (exact) mass is 586 g/mol. The minimum Gasteiger partial charge on any atom is -0.458 e. The van der Waals surface area contributed by atoms with E-state index in [1.807, 2.05) is 0 Å². The van der Waals surface area contributed by atoms with Crippen molar-refractivity contribution in [1.82, 2.24) is 9.13 Å². The van der Waals surface area contributed by atoms with E-state index in [9.17, 15) is 0 Å². The molecule has 9 aromatic rings. The fourth-order valence-electron chi connectivity index (χ4n) is 7.72. The SMILES string of the molecule is c1ccc(B2c3ccccc3Oc3cc(-n4c5ccccc5c5c4ccc4c6ccccc6n(-c6ccccc6)c45)ccc32)cc1. The molecule has 3 heterocycles. The van der Waals surface area contributed by atoms with E-state index >= 15 is 0 Å². The van der Waals surface area contributed by atoms with Crippen LogP contribution in [-0.4, -0.2) is 15.8 Å². The maximum Gasteiger partial charge on any atom is 0.250 e. The molecule has 0 bridgehead atoms. The Morgan fingerprint density at radius 3 is 1.89 bits per heavy atom. The number of ether oxygens (including phenoxy) is 1. The van der Waals surface area contributed by atoms with E-state index in [0.717, 1.165) is 22.9 Å². The molecule has 0 atom stereocenters. The van der Waals surface area contributed by atoms with Gasteiger partial charge in [-0.1, -0.05) is 121 Å². The first-order chi connectivity index (χ1) is 22.8. The molecule has 1 aliphatic rings. The second-order valence-electron chi connectivity index (χ2n) is 12.1. The van der Waals surface area contributed by atoms with Crippen LogP contribution in [-0.2, 0) is 0 Å². The third-order valence-corrected chi connectivity index (χ3v) is 9.63. The van der Waals surface area contributed by atoms with Crippen LogP contribution in [0, 0.1) is 0 Å². The van der Waals surface area contributed by atoms with Crippen molar-refractivity contribution in [1.29, 1.82) is 0 Å². The topological polar surface area (TPSA) is 19.1 Å². The lowest BCUT2D eigenvalue weighted by molar-refractivity contribution is 0.487. The van der Waals surface area contributed by atoms with Gasteiger partial charge in [-0.25, -0.2) is 0 Å². The van der Waals surface area contributed by atoms with Crippen LogP contribution >= 0.6 is 0 Å². The minimum absolute atomic E-state index is 0.106. The number of para-hydroxylation sites is 4. The van der Waals surface area contributed by atoms with Gasteiger partial charge in [-0.05, 0) is 53.4 Å². The predicted molar refractivity (Wildman–Crippen MR) is 193 cm³/mol. The molecule has 0 N–H and O–H groups in total. The molecule has 0 spiro atoms. The zero-order chi connectivity index (χ0) is 30.2. The summed E-state index contributed by atoms with van der Waals surface area (Å²) in [7, 11) is 0. The van der Waals surface area contributed by atoms with Gasteiger partial charge < -0.3 is 13.9 Å². The van der Waals surface area contributed by atoms with Gasteiger partial charge in [0.25, 0.3) is 6.71 Å². The largest absolute Gasteiger partial charge is 0.458 e. The van der Waals surface area contributed by atoms with Gasteiger partial charge in [0.05, 0.1) is 22.1 Å². The molecule has 0 aliphatic carbocycles. The Balaban J connectivity index is 1.27. The molecule has 214 valence electrons. The fourth-order valence-corrected chi connectivity index (χ4v) is 7.72. The van der Waals surface area contributed by atoms with Crippen LogP contribution in [0.1, 0.15) is 0 Å². The van der Waals surface area contributed by atoms with E-state index < -0.39 is 0 Å². The van der Waals surface area contributed by atoms with Gasteiger partial charge in [-0.2, -0.15) is 0 Å². The van der Waals surface area contributed by atoms with Crippen molar-refractivity contribution in [2.24, 2.45) is 0 Å². The molecule has 10 rings (SSSR count). The van der Waals surface area contributed by atoms with E-state index in [2.05, 4.69) is 173 Å². The molecule has 2 aromatic heterocycles. The van der Waals surface area contributed by atoms with Crippen molar-refractivity contribution in [2.45, 2.75) is 0 Å². The van der Waals surface area contributed by atoms with Gasteiger partial charge in [-0.3, -0.25) is 0 Å². The van der Waals surface area contributed by atoms with Crippen molar-refractivity contribution in [3.05, 3.63) is 164 Å². The Kier molecular flexibility index (Phi) is 5.37. The summed E-state index contributed by atoms with van der Waals surface area (Å²) in [6.45, 7) is 0.106. The fraction of sp³-hybridized carbons (Fsp3) is 0. The lowest BCUT2D eigenvalue weighted by Gasteiger charge is -2.27. The maximum absolute atomic E-state index is 6.66. The molecule has 4 heteroatoms. The second-order valence-corrected chi connectivity index (χ2v) is 12.1.